The molecule has 0 aromatic carbocycles. The van der Waals surface area contributed by atoms with Gasteiger partial charge in [-0.3, -0.25) is 9.59 Å². The lowest BCUT2D eigenvalue weighted by Crippen LogP contribution is -2.54. The minimum Gasteiger partial charge on any atom is -0.391 e. The van der Waals surface area contributed by atoms with Gasteiger partial charge in [0.05, 0.1) is 6.10 Å². The molecule has 0 aliphatic heterocycles. The van der Waals surface area contributed by atoms with Crippen molar-refractivity contribution in [2.45, 2.75) is 51.2 Å². The second kappa shape index (κ2) is 6.79. The summed E-state index contributed by atoms with van der Waals surface area (Å²) in [6.07, 6.45) is 0.809. The van der Waals surface area contributed by atoms with E-state index in [4.69, 9.17) is 0 Å². The Hall–Kier alpha value is -1.40. The molecule has 5 nitrogen and oxygen atoms in total. The number of amides is 2. The largest absolute Gasteiger partial charge is 0.391 e. The molecule has 0 radical (unpaired) electrons. The Morgan fingerprint density at radius 3 is 2.64 bits per heavy atom. The Bertz CT molecular complexity index is 522. The van der Waals surface area contributed by atoms with Gasteiger partial charge in [-0.15, -0.1) is 11.3 Å². The maximum atomic E-state index is 12.3. The van der Waals surface area contributed by atoms with Crippen LogP contribution >= 0.6 is 11.3 Å². The lowest BCUT2D eigenvalue weighted by molar-refractivity contribution is -0.132. The fraction of sp³-hybridized carbons (Fsp3) is 0.625. The lowest BCUT2D eigenvalue weighted by Gasteiger charge is -2.26. The molecule has 2 rings (SSSR count). The minimum atomic E-state index is -0.924. The average Bonchev–Trinajstić information content (AvgIpc) is 3.15. The normalized spacial score (nSPS) is 17.6. The number of hydrogen-bond donors (Lipinski definition) is 3. The molecule has 0 spiro atoms. The van der Waals surface area contributed by atoms with Crippen molar-refractivity contribution >= 4 is 23.2 Å². The number of rotatable bonds is 7. The van der Waals surface area contributed by atoms with Crippen molar-refractivity contribution in [3.8, 4) is 0 Å². The second-order valence-corrected chi connectivity index (χ2v) is 7.53. The predicted molar refractivity (Wildman–Crippen MR) is 86.7 cm³/mol. The van der Waals surface area contributed by atoms with Gasteiger partial charge in [-0.05, 0) is 31.2 Å². The predicted octanol–water partition coefficient (Wildman–Crippen LogP) is 1.42. The summed E-state index contributed by atoms with van der Waals surface area (Å²) < 4.78 is 0. The van der Waals surface area contributed by atoms with Crippen LogP contribution in [0.5, 0.6) is 0 Å². The van der Waals surface area contributed by atoms with Crippen molar-refractivity contribution in [1.29, 1.82) is 0 Å². The first-order valence-electron chi connectivity index (χ1n) is 7.61. The molecule has 0 saturated heterocycles. The van der Waals surface area contributed by atoms with Crippen molar-refractivity contribution in [1.82, 2.24) is 10.6 Å². The molecule has 1 heterocycles. The summed E-state index contributed by atoms with van der Waals surface area (Å²) in [5.74, 6) is -0.469. The van der Waals surface area contributed by atoms with E-state index in [1.165, 1.54) is 11.8 Å². The van der Waals surface area contributed by atoms with Gasteiger partial charge in [0.15, 0.2) is 0 Å². The summed E-state index contributed by atoms with van der Waals surface area (Å²) >= 11 is 1.65. The number of nitrogens with one attached hydrogen (secondary N) is 2. The topological polar surface area (TPSA) is 78.4 Å². The van der Waals surface area contributed by atoms with Crippen molar-refractivity contribution in [2.24, 2.45) is 5.92 Å². The Morgan fingerprint density at radius 1 is 1.45 bits per heavy atom. The minimum absolute atomic E-state index is 0.0107. The quantitative estimate of drug-likeness (QED) is 0.710. The standard InChI is InChI=1S/C16H24N2O3S/c1-10(19)13(18-14(20)11-6-7-11)15(21)17-9-16(2,3)12-5-4-8-22-12/h4-5,8,10-11,13,19H,6-7,9H2,1-3H3,(H,17,21)(H,18,20). The molecule has 1 aromatic heterocycles. The molecule has 1 aliphatic rings. The molecule has 22 heavy (non-hydrogen) atoms. The fourth-order valence-corrected chi connectivity index (χ4v) is 3.04. The SMILES string of the molecule is CC(O)C(NC(=O)C1CC1)C(=O)NCC(C)(C)c1cccs1. The Balaban J connectivity index is 1.91. The first-order valence-corrected chi connectivity index (χ1v) is 8.49. The van der Waals surface area contributed by atoms with Crippen LogP contribution in [0.3, 0.4) is 0 Å². The van der Waals surface area contributed by atoms with Crippen LogP contribution in [0.2, 0.25) is 0 Å². The van der Waals surface area contributed by atoms with Crippen molar-refractivity contribution in [2.75, 3.05) is 6.54 Å². The van der Waals surface area contributed by atoms with E-state index in [1.54, 1.807) is 11.3 Å². The number of hydrogen-bond acceptors (Lipinski definition) is 4. The van der Waals surface area contributed by atoms with Crippen molar-refractivity contribution in [3.63, 3.8) is 0 Å². The van der Waals surface area contributed by atoms with Crippen molar-refractivity contribution in [3.05, 3.63) is 22.4 Å². The highest BCUT2D eigenvalue weighted by Crippen LogP contribution is 2.29. The third kappa shape index (κ3) is 4.30. The second-order valence-electron chi connectivity index (χ2n) is 6.58. The summed E-state index contributed by atoms with van der Waals surface area (Å²) in [6.45, 7) is 6.08. The van der Waals surface area contributed by atoms with E-state index in [0.717, 1.165) is 12.8 Å². The molecule has 1 aromatic rings. The third-order valence-corrected chi connectivity index (χ3v) is 5.14. The van der Waals surface area contributed by atoms with E-state index in [0.29, 0.717) is 6.54 Å². The molecule has 2 atom stereocenters. The number of aliphatic hydroxyl groups excluding tert-OH is 1. The van der Waals surface area contributed by atoms with E-state index in [1.807, 2.05) is 17.5 Å². The first-order chi connectivity index (χ1) is 10.3. The molecule has 1 saturated carbocycles. The molecule has 0 bridgehead atoms. The Morgan fingerprint density at radius 2 is 2.14 bits per heavy atom. The average molecular weight is 324 g/mol. The summed E-state index contributed by atoms with van der Waals surface area (Å²) in [6, 6.07) is 3.13. The van der Waals surface area contributed by atoms with Gasteiger partial charge in [0.1, 0.15) is 6.04 Å². The summed E-state index contributed by atoms with van der Waals surface area (Å²) in [5, 5.41) is 17.3. The smallest absolute Gasteiger partial charge is 0.245 e. The highest BCUT2D eigenvalue weighted by atomic mass is 32.1. The van der Waals surface area contributed by atoms with Crippen LogP contribution in [0.25, 0.3) is 0 Å². The van der Waals surface area contributed by atoms with Crippen LogP contribution in [0.4, 0.5) is 0 Å². The molecule has 6 heteroatoms. The number of aliphatic hydroxyl groups is 1. The van der Waals surface area contributed by atoms with Crippen molar-refractivity contribution < 1.29 is 14.7 Å². The van der Waals surface area contributed by atoms with Gasteiger partial charge >= 0.3 is 0 Å². The van der Waals surface area contributed by atoms with Crippen LogP contribution in [0, 0.1) is 5.92 Å². The summed E-state index contributed by atoms with van der Waals surface area (Å²) in [4.78, 5) is 25.3. The highest BCUT2D eigenvalue weighted by molar-refractivity contribution is 7.10. The Kier molecular flexibility index (Phi) is 5.24. The summed E-state index contributed by atoms with van der Waals surface area (Å²) in [7, 11) is 0. The van der Waals surface area contributed by atoms with Gasteiger partial charge < -0.3 is 15.7 Å². The highest BCUT2D eigenvalue weighted by Gasteiger charge is 2.34. The fourth-order valence-electron chi connectivity index (χ4n) is 2.19. The molecule has 2 amide bonds. The van der Waals surface area contributed by atoms with Gasteiger partial charge in [-0.1, -0.05) is 19.9 Å². The van der Waals surface area contributed by atoms with Gasteiger partial charge in [0.2, 0.25) is 11.8 Å². The monoisotopic (exact) mass is 324 g/mol. The molecular formula is C16H24N2O3S. The van der Waals surface area contributed by atoms with Crippen LogP contribution in [0.15, 0.2) is 17.5 Å². The van der Waals surface area contributed by atoms with Crippen LogP contribution < -0.4 is 10.6 Å². The summed E-state index contributed by atoms with van der Waals surface area (Å²) in [5.41, 5.74) is -0.187. The van der Waals surface area contributed by atoms with E-state index in [2.05, 4.69) is 24.5 Å². The zero-order valence-electron chi connectivity index (χ0n) is 13.3. The first kappa shape index (κ1) is 17.0. The van der Waals surface area contributed by atoms with Gasteiger partial charge in [-0.2, -0.15) is 0 Å². The van der Waals surface area contributed by atoms with E-state index >= 15 is 0 Å². The number of carbonyl (C=O) groups excluding carboxylic acids is 2. The van der Waals surface area contributed by atoms with Gasteiger partial charge in [0.25, 0.3) is 0 Å². The maximum absolute atomic E-state index is 12.3. The van der Waals surface area contributed by atoms with Crippen LogP contribution in [0.1, 0.15) is 38.5 Å². The van der Waals surface area contributed by atoms with Gasteiger partial charge in [0, 0.05) is 22.8 Å². The molecular weight excluding hydrogens is 300 g/mol. The molecule has 122 valence electrons. The maximum Gasteiger partial charge on any atom is 0.245 e. The molecule has 3 N–H and O–H groups in total. The third-order valence-electron chi connectivity index (χ3n) is 3.90. The zero-order chi connectivity index (χ0) is 16.3. The molecule has 2 unspecified atom stereocenters. The van der Waals surface area contributed by atoms with E-state index in [-0.39, 0.29) is 23.1 Å². The molecule has 1 aliphatic carbocycles. The van der Waals surface area contributed by atoms with Gasteiger partial charge in [-0.25, -0.2) is 0 Å². The van der Waals surface area contributed by atoms with Crippen LogP contribution in [-0.2, 0) is 15.0 Å². The van der Waals surface area contributed by atoms with E-state index < -0.39 is 12.1 Å². The lowest BCUT2D eigenvalue weighted by atomic mass is 9.91. The molecule has 1 fully saturated rings. The van der Waals surface area contributed by atoms with E-state index in [9.17, 15) is 14.7 Å². The van der Waals surface area contributed by atoms with Crippen LogP contribution in [-0.4, -0.2) is 35.6 Å². The zero-order valence-corrected chi connectivity index (χ0v) is 14.1. The number of carbonyl (C=O) groups is 2. The Labute approximate surface area is 135 Å². The number of thiophene rings is 1.